The molecule has 132 valence electrons. The van der Waals surface area contributed by atoms with Crippen LogP contribution in [0.15, 0.2) is 28.8 Å². The van der Waals surface area contributed by atoms with Crippen molar-refractivity contribution in [1.29, 1.82) is 0 Å². The van der Waals surface area contributed by atoms with Crippen LogP contribution in [0.3, 0.4) is 0 Å². The molecule has 0 saturated heterocycles. The van der Waals surface area contributed by atoms with Crippen molar-refractivity contribution in [1.82, 2.24) is 15.5 Å². The fourth-order valence-electron chi connectivity index (χ4n) is 1.90. The molecule has 0 unspecified atom stereocenters. The minimum absolute atomic E-state index is 0. The molecule has 8 heteroatoms. The quantitative estimate of drug-likeness (QED) is 0.841. The summed E-state index contributed by atoms with van der Waals surface area (Å²) in [6, 6.07) is 6.65. The van der Waals surface area contributed by atoms with Crippen LogP contribution in [-0.4, -0.2) is 28.6 Å². The Morgan fingerprint density at radius 2 is 2.12 bits per heavy atom. The van der Waals surface area contributed by atoms with Gasteiger partial charge in [-0.1, -0.05) is 49.7 Å². The molecule has 0 saturated carbocycles. The van der Waals surface area contributed by atoms with Crippen LogP contribution >= 0.6 is 24.0 Å². The third-order valence-electron chi connectivity index (χ3n) is 3.40. The van der Waals surface area contributed by atoms with Crippen molar-refractivity contribution < 1.29 is 9.32 Å². The van der Waals surface area contributed by atoms with E-state index in [0.29, 0.717) is 29.7 Å². The number of nitrogens with one attached hydrogen (secondary N) is 1. The van der Waals surface area contributed by atoms with E-state index in [1.165, 1.54) is 0 Å². The topological polar surface area (TPSA) is 94.0 Å². The number of halogens is 2. The lowest BCUT2D eigenvalue weighted by Gasteiger charge is -2.25. The lowest BCUT2D eigenvalue weighted by Crippen LogP contribution is -2.49. The minimum Gasteiger partial charge on any atom is -0.354 e. The van der Waals surface area contributed by atoms with Gasteiger partial charge in [0.2, 0.25) is 17.6 Å². The highest BCUT2D eigenvalue weighted by Gasteiger charge is 2.27. The highest BCUT2D eigenvalue weighted by Crippen LogP contribution is 2.20. The number of aromatic nitrogens is 2. The first-order chi connectivity index (χ1) is 10.8. The maximum Gasteiger partial charge on any atom is 0.237 e. The summed E-state index contributed by atoms with van der Waals surface area (Å²) >= 11 is 5.94. The molecule has 2 aromatic rings. The Morgan fingerprint density at radius 3 is 2.75 bits per heavy atom. The summed E-state index contributed by atoms with van der Waals surface area (Å²) in [7, 11) is 0. The predicted molar refractivity (Wildman–Crippen MR) is 96.1 cm³/mol. The summed E-state index contributed by atoms with van der Waals surface area (Å²) in [5, 5.41) is 7.31. The van der Waals surface area contributed by atoms with Gasteiger partial charge in [-0.15, -0.1) is 12.4 Å². The van der Waals surface area contributed by atoms with E-state index in [2.05, 4.69) is 15.5 Å². The molecule has 1 aromatic heterocycles. The van der Waals surface area contributed by atoms with E-state index < -0.39 is 6.04 Å². The normalized spacial score (nSPS) is 12.4. The monoisotopic (exact) mass is 372 g/mol. The average Bonchev–Trinajstić information content (AvgIpc) is 2.94. The molecular formula is C16H22Cl2N4O2. The van der Waals surface area contributed by atoms with Crippen LogP contribution in [0.2, 0.25) is 5.02 Å². The maximum atomic E-state index is 11.9. The highest BCUT2D eigenvalue weighted by molar-refractivity contribution is 6.30. The Hall–Kier alpha value is -1.63. The molecule has 0 aliphatic carbocycles. The number of hydrogen-bond acceptors (Lipinski definition) is 5. The number of carbonyl (C=O) groups is 1. The zero-order valence-corrected chi connectivity index (χ0v) is 15.4. The number of amides is 1. The van der Waals surface area contributed by atoms with Gasteiger partial charge in [0.1, 0.15) is 0 Å². The SMILES string of the molecule is CC(C)(C)[C@H](N)C(=O)NCCc1nc(-c2cccc(Cl)c2)no1.Cl. The van der Waals surface area contributed by atoms with Gasteiger partial charge in [-0.05, 0) is 17.5 Å². The van der Waals surface area contributed by atoms with Gasteiger partial charge in [-0.3, -0.25) is 4.79 Å². The summed E-state index contributed by atoms with van der Waals surface area (Å²) < 4.78 is 5.18. The summed E-state index contributed by atoms with van der Waals surface area (Å²) in [4.78, 5) is 16.2. The smallest absolute Gasteiger partial charge is 0.237 e. The zero-order valence-electron chi connectivity index (χ0n) is 13.9. The molecule has 0 radical (unpaired) electrons. The van der Waals surface area contributed by atoms with Crippen molar-refractivity contribution in [2.45, 2.75) is 33.2 Å². The molecule has 1 heterocycles. The van der Waals surface area contributed by atoms with Gasteiger partial charge in [-0.2, -0.15) is 4.98 Å². The van der Waals surface area contributed by atoms with E-state index in [1.54, 1.807) is 12.1 Å². The molecule has 1 amide bonds. The first kappa shape index (κ1) is 20.4. The largest absolute Gasteiger partial charge is 0.354 e. The highest BCUT2D eigenvalue weighted by atomic mass is 35.5. The van der Waals surface area contributed by atoms with Gasteiger partial charge in [0.05, 0.1) is 6.04 Å². The third kappa shape index (κ3) is 5.47. The van der Waals surface area contributed by atoms with Crippen molar-refractivity contribution in [2.75, 3.05) is 6.54 Å². The molecule has 1 atom stereocenters. The number of rotatable bonds is 5. The Kier molecular flexibility index (Phi) is 7.20. The van der Waals surface area contributed by atoms with Crippen molar-refractivity contribution in [3.05, 3.63) is 35.2 Å². The van der Waals surface area contributed by atoms with Gasteiger partial charge in [-0.25, -0.2) is 0 Å². The van der Waals surface area contributed by atoms with Gasteiger partial charge < -0.3 is 15.6 Å². The van der Waals surface area contributed by atoms with E-state index in [-0.39, 0.29) is 23.7 Å². The van der Waals surface area contributed by atoms with Gasteiger partial charge >= 0.3 is 0 Å². The molecule has 2 rings (SSSR count). The second kappa shape index (κ2) is 8.46. The molecule has 0 aliphatic rings. The lowest BCUT2D eigenvalue weighted by atomic mass is 9.87. The Labute approximate surface area is 152 Å². The standard InChI is InChI=1S/C16H21ClN4O2.ClH/c1-16(2,3)13(18)15(22)19-8-7-12-20-14(21-23-12)10-5-4-6-11(17)9-10;/h4-6,9,13H,7-8,18H2,1-3H3,(H,19,22);1H/t13-;/m1./s1. The molecule has 0 aliphatic heterocycles. The zero-order chi connectivity index (χ0) is 17.0. The molecular weight excluding hydrogens is 351 g/mol. The third-order valence-corrected chi connectivity index (χ3v) is 3.64. The Bertz CT molecular complexity index is 683. The molecule has 24 heavy (non-hydrogen) atoms. The van der Waals surface area contributed by atoms with Crippen molar-refractivity contribution >= 4 is 29.9 Å². The van der Waals surface area contributed by atoms with Crippen LogP contribution in [0.5, 0.6) is 0 Å². The first-order valence-electron chi connectivity index (χ1n) is 7.39. The molecule has 0 spiro atoms. The van der Waals surface area contributed by atoms with Crippen LogP contribution in [-0.2, 0) is 11.2 Å². The number of benzene rings is 1. The Balaban J connectivity index is 0.00000288. The van der Waals surface area contributed by atoms with Crippen LogP contribution in [0.25, 0.3) is 11.4 Å². The first-order valence-corrected chi connectivity index (χ1v) is 7.77. The summed E-state index contributed by atoms with van der Waals surface area (Å²) in [5.41, 5.74) is 6.39. The van der Waals surface area contributed by atoms with Crippen LogP contribution in [0.4, 0.5) is 0 Å². The fraction of sp³-hybridized carbons (Fsp3) is 0.438. The van der Waals surface area contributed by atoms with Gasteiger partial charge in [0.15, 0.2) is 0 Å². The average molecular weight is 373 g/mol. The van der Waals surface area contributed by atoms with Crippen LogP contribution in [0.1, 0.15) is 26.7 Å². The lowest BCUT2D eigenvalue weighted by molar-refractivity contribution is -0.124. The molecule has 0 fully saturated rings. The number of hydrogen-bond donors (Lipinski definition) is 2. The second-order valence-electron chi connectivity index (χ2n) is 6.41. The van der Waals surface area contributed by atoms with E-state index in [4.69, 9.17) is 21.9 Å². The fourth-order valence-corrected chi connectivity index (χ4v) is 2.09. The summed E-state index contributed by atoms with van der Waals surface area (Å²) in [6.45, 7) is 6.16. The second-order valence-corrected chi connectivity index (χ2v) is 6.84. The minimum atomic E-state index is -0.563. The van der Waals surface area contributed by atoms with Crippen LogP contribution < -0.4 is 11.1 Å². The van der Waals surface area contributed by atoms with Crippen molar-refractivity contribution in [3.63, 3.8) is 0 Å². The summed E-state index contributed by atoms with van der Waals surface area (Å²) in [6.07, 6.45) is 0.441. The maximum absolute atomic E-state index is 11.9. The summed E-state index contributed by atoms with van der Waals surface area (Å²) in [5.74, 6) is 0.733. The van der Waals surface area contributed by atoms with E-state index >= 15 is 0 Å². The van der Waals surface area contributed by atoms with E-state index in [1.807, 2.05) is 32.9 Å². The Morgan fingerprint density at radius 1 is 1.42 bits per heavy atom. The van der Waals surface area contributed by atoms with Crippen molar-refractivity contribution in [3.8, 4) is 11.4 Å². The number of nitrogens with zero attached hydrogens (tertiary/aromatic N) is 2. The van der Waals surface area contributed by atoms with Gasteiger partial charge in [0, 0.05) is 23.6 Å². The van der Waals surface area contributed by atoms with E-state index in [9.17, 15) is 4.79 Å². The molecule has 3 N–H and O–H groups in total. The predicted octanol–water partition coefficient (Wildman–Crippen LogP) is 2.84. The van der Waals surface area contributed by atoms with Crippen molar-refractivity contribution in [2.24, 2.45) is 11.1 Å². The number of nitrogens with two attached hydrogens (primary N) is 1. The molecule has 1 aromatic carbocycles. The van der Waals surface area contributed by atoms with E-state index in [0.717, 1.165) is 5.56 Å². The van der Waals surface area contributed by atoms with Crippen LogP contribution in [0, 0.1) is 5.41 Å². The van der Waals surface area contributed by atoms with Gasteiger partial charge in [0.25, 0.3) is 0 Å². The molecule has 0 bridgehead atoms. The molecule has 6 nitrogen and oxygen atoms in total. The number of carbonyl (C=O) groups excluding carboxylic acids is 1.